The average molecular weight is 263 g/mol. The highest BCUT2D eigenvalue weighted by molar-refractivity contribution is 5.96. The van der Waals surface area contributed by atoms with Crippen molar-refractivity contribution in [1.29, 1.82) is 0 Å². The topological polar surface area (TPSA) is 84.2 Å². The third kappa shape index (κ3) is 5.09. The Morgan fingerprint density at radius 1 is 1.21 bits per heavy atom. The van der Waals surface area contributed by atoms with Crippen LogP contribution in [0, 0.1) is 5.92 Å². The van der Waals surface area contributed by atoms with Gasteiger partial charge in [0.1, 0.15) is 0 Å². The van der Waals surface area contributed by atoms with Crippen LogP contribution in [0.25, 0.3) is 0 Å². The van der Waals surface area contributed by atoms with E-state index < -0.39 is 0 Å². The van der Waals surface area contributed by atoms with Crippen molar-refractivity contribution in [2.75, 3.05) is 18.4 Å². The summed E-state index contributed by atoms with van der Waals surface area (Å²) in [7, 11) is 0. The van der Waals surface area contributed by atoms with Crippen LogP contribution in [0.1, 0.15) is 30.6 Å². The molecule has 0 fully saturated rings. The molecule has 0 heterocycles. The molecule has 0 spiro atoms. The van der Waals surface area contributed by atoms with Crippen molar-refractivity contribution in [2.45, 2.75) is 20.3 Å². The second kappa shape index (κ2) is 7.53. The SMILES string of the molecule is CC(C)C(=O)Nc1ccc(C(=O)NCCCN)cc1. The second-order valence-corrected chi connectivity index (χ2v) is 4.62. The summed E-state index contributed by atoms with van der Waals surface area (Å²) in [5.41, 5.74) is 6.61. The van der Waals surface area contributed by atoms with Crippen LogP contribution >= 0.6 is 0 Å². The van der Waals surface area contributed by atoms with Gasteiger partial charge in [0.05, 0.1) is 0 Å². The normalized spacial score (nSPS) is 10.3. The van der Waals surface area contributed by atoms with E-state index >= 15 is 0 Å². The van der Waals surface area contributed by atoms with Gasteiger partial charge in [0, 0.05) is 23.7 Å². The molecule has 2 amide bonds. The monoisotopic (exact) mass is 263 g/mol. The molecule has 5 heteroatoms. The van der Waals surface area contributed by atoms with Gasteiger partial charge in [-0.2, -0.15) is 0 Å². The Bertz CT molecular complexity index is 427. The van der Waals surface area contributed by atoms with Gasteiger partial charge in [-0.1, -0.05) is 13.8 Å². The zero-order valence-electron chi connectivity index (χ0n) is 11.4. The van der Waals surface area contributed by atoms with Crippen molar-refractivity contribution in [3.8, 4) is 0 Å². The summed E-state index contributed by atoms with van der Waals surface area (Å²) in [6, 6.07) is 6.82. The molecule has 0 aliphatic rings. The van der Waals surface area contributed by atoms with Crippen LogP contribution in [0.15, 0.2) is 24.3 Å². The molecule has 0 aliphatic heterocycles. The fourth-order valence-corrected chi connectivity index (χ4v) is 1.40. The van der Waals surface area contributed by atoms with Crippen molar-refractivity contribution in [1.82, 2.24) is 5.32 Å². The van der Waals surface area contributed by atoms with Crippen LogP contribution in [0.3, 0.4) is 0 Å². The smallest absolute Gasteiger partial charge is 0.251 e. The van der Waals surface area contributed by atoms with E-state index in [1.165, 1.54) is 0 Å². The summed E-state index contributed by atoms with van der Waals surface area (Å²) >= 11 is 0. The zero-order valence-corrected chi connectivity index (χ0v) is 11.4. The molecule has 0 bridgehead atoms. The van der Waals surface area contributed by atoms with Crippen LogP contribution < -0.4 is 16.4 Å². The number of hydrogen-bond acceptors (Lipinski definition) is 3. The minimum atomic E-state index is -0.129. The first-order valence-corrected chi connectivity index (χ1v) is 6.43. The van der Waals surface area contributed by atoms with Gasteiger partial charge in [0.2, 0.25) is 5.91 Å². The highest BCUT2D eigenvalue weighted by atomic mass is 16.2. The number of rotatable bonds is 6. The van der Waals surface area contributed by atoms with E-state index in [1.54, 1.807) is 24.3 Å². The van der Waals surface area contributed by atoms with E-state index in [9.17, 15) is 9.59 Å². The number of carbonyl (C=O) groups excluding carboxylic acids is 2. The van der Waals surface area contributed by atoms with Crippen LogP contribution in [-0.2, 0) is 4.79 Å². The molecule has 1 aromatic rings. The summed E-state index contributed by atoms with van der Waals surface area (Å²) in [6.07, 6.45) is 0.758. The maximum absolute atomic E-state index is 11.7. The molecule has 1 aromatic carbocycles. The maximum Gasteiger partial charge on any atom is 0.251 e. The fraction of sp³-hybridized carbons (Fsp3) is 0.429. The fourth-order valence-electron chi connectivity index (χ4n) is 1.40. The van der Waals surface area contributed by atoms with Crippen molar-refractivity contribution >= 4 is 17.5 Å². The number of nitrogens with two attached hydrogens (primary N) is 1. The Hall–Kier alpha value is -1.88. The third-order valence-corrected chi connectivity index (χ3v) is 2.61. The number of benzene rings is 1. The Labute approximate surface area is 113 Å². The van der Waals surface area contributed by atoms with Crippen molar-refractivity contribution in [2.24, 2.45) is 11.7 Å². The lowest BCUT2D eigenvalue weighted by molar-refractivity contribution is -0.118. The van der Waals surface area contributed by atoms with E-state index in [-0.39, 0.29) is 17.7 Å². The third-order valence-electron chi connectivity index (χ3n) is 2.61. The lowest BCUT2D eigenvalue weighted by atomic mass is 10.1. The van der Waals surface area contributed by atoms with Crippen molar-refractivity contribution < 1.29 is 9.59 Å². The molecule has 19 heavy (non-hydrogen) atoms. The van der Waals surface area contributed by atoms with Crippen LogP contribution in [-0.4, -0.2) is 24.9 Å². The molecule has 0 unspecified atom stereocenters. The second-order valence-electron chi connectivity index (χ2n) is 4.62. The van der Waals surface area contributed by atoms with Gasteiger partial charge in [-0.25, -0.2) is 0 Å². The predicted octanol–water partition coefficient (Wildman–Crippen LogP) is 1.36. The van der Waals surface area contributed by atoms with Gasteiger partial charge in [0.15, 0.2) is 0 Å². The molecule has 0 saturated heterocycles. The van der Waals surface area contributed by atoms with E-state index in [1.807, 2.05) is 13.8 Å². The number of hydrogen-bond donors (Lipinski definition) is 3. The summed E-state index contributed by atoms with van der Waals surface area (Å²) < 4.78 is 0. The molecule has 5 nitrogen and oxygen atoms in total. The Morgan fingerprint density at radius 3 is 2.37 bits per heavy atom. The maximum atomic E-state index is 11.7. The summed E-state index contributed by atoms with van der Waals surface area (Å²) in [5, 5.41) is 5.54. The first kappa shape index (κ1) is 15.2. The minimum absolute atomic E-state index is 0.0415. The molecule has 0 radical (unpaired) electrons. The first-order valence-electron chi connectivity index (χ1n) is 6.43. The van der Waals surface area contributed by atoms with Crippen molar-refractivity contribution in [3.05, 3.63) is 29.8 Å². The Balaban J connectivity index is 2.56. The molecular formula is C14H21N3O2. The Kier molecular flexibility index (Phi) is 6.02. The van der Waals surface area contributed by atoms with E-state index in [0.29, 0.717) is 24.3 Å². The molecule has 0 aromatic heterocycles. The molecule has 0 aliphatic carbocycles. The average Bonchev–Trinajstić information content (AvgIpc) is 2.39. The van der Waals surface area contributed by atoms with Gasteiger partial charge in [0.25, 0.3) is 5.91 Å². The van der Waals surface area contributed by atoms with Crippen LogP contribution in [0.5, 0.6) is 0 Å². The number of anilines is 1. The molecule has 0 saturated carbocycles. The highest BCUT2D eigenvalue weighted by Gasteiger charge is 2.08. The lowest BCUT2D eigenvalue weighted by Crippen LogP contribution is -2.26. The largest absolute Gasteiger partial charge is 0.352 e. The van der Waals surface area contributed by atoms with Gasteiger partial charge in [-0.15, -0.1) is 0 Å². The summed E-state index contributed by atoms with van der Waals surface area (Å²) in [6.45, 7) is 4.78. The van der Waals surface area contributed by atoms with Gasteiger partial charge in [-0.05, 0) is 37.2 Å². The number of carbonyl (C=O) groups is 2. The van der Waals surface area contributed by atoms with Crippen LogP contribution in [0.4, 0.5) is 5.69 Å². The number of nitrogens with one attached hydrogen (secondary N) is 2. The summed E-state index contributed by atoms with van der Waals surface area (Å²) in [5.74, 6) is -0.241. The van der Waals surface area contributed by atoms with Gasteiger partial charge >= 0.3 is 0 Å². The molecule has 0 atom stereocenters. The van der Waals surface area contributed by atoms with Crippen molar-refractivity contribution in [3.63, 3.8) is 0 Å². The number of amides is 2. The lowest BCUT2D eigenvalue weighted by Gasteiger charge is -2.08. The van der Waals surface area contributed by atoms with E-state index in [2.05, 4.69) is 10.6 Å². The van der Waals surface area contributed by atoms with E-state index in [0.717, 1.165) is 6.42 Å². The van der Waals surface area contributed by atoms with Crippen LogP contribution in [0.2, 0.25) is 0 Å². The summed E-state index contributed by atoms with van der Waals surface area (Å²) in [4.78, 5) is 23.2. The van der Waals surface area contributed by atoms with E-state index in [4.69, 9.17) is 5.73 Å². The zero-order chi connectivity index (χ0) is 14.3. The van der Waals surface area contributed by atoms with Gasteiger partial charge in [-0.3, -0.25) is 9.59 Å². The molecule has 4 N–H and O–H groups in total. The first-order chi connectivity index (χ1) is 9.04. The predicted molar refractivity (Wildman–Crippen MR) is 75.9 cm³/mol. The minimum Gasteiger partial charge on any atom is -0.352 e. The molecule has 1 rings (SSSR count). The highest BCUT2D eigenvalue weighted by Crippen LogP contribution is 2.10. The quantitative estimate of drug-likeness (QED) is 0.677. The Morgan fingerprint density at radius 2 is 1.84 bits per heavy atom. The molecule has 104 valence electrons. The standard InChI is InChI=1S/C14H21N3O2/c1-10(2)13(18)17-12-6-4-11(5-7-12)14(19)16-9-3-8-15/h4-7,10H,3,8-9,15H2,1-2H3,(H,16,19)(H,17,18). The molecular weight excluding hydrogens is 242 g/mol. The van der Waals surface area contributed by atoms with Gasteiger partial charge < -0.3 is 16.4 Å².